The van der Waals surface area contributed by atoms with E-state index in [-0.39, 0.29) is 48.9 Å². The van der Waals surface area contributed by atoms with Gasteiger partial charge in [-0.1, -0.05) is 12.1 Å². The Labute approximate surface area is 183 Å². The first-order chi connectivity index (χ1) is 13.5. The van der Waals surface area contributed by atoms with Crippen molar-refractivity contribution in [2.45, 2.75) is 19.6 Å². The Morgan fingerprint density at radius 1 is 1.14 bits per heavy atom. The smallest absolute Gasteiger partial charge is 0.387 e. The highest BCUT2D eigenvalue weighted by Gasteiger charge is 2.20. The second-order valence-corrected chi connectivity index (χ2v) is 5.92. The molecule has 0 fully saturated rings. The average molecular weight is 523 g/mol. The first-order valence-electron chi connectivity index (χ1n) is 8.61. The maximum absolute atomic E-state index is 12.9. The van der Waals surface area contributed by atoms with Crippen molar-refractivity contribution < 1.29 is 27.4 Å². The van der Waals surface area contributed by atoms with Gasteiger partial charge in [-0.15, -0.1) is 24.0 Å². The predicted molar refractivity (Wildman–Crippen MR) is 113 cm³/mol. The number of fused-ring (bicyclic) bond motifs is 1. The summed E-state index contributed by atoms with van der Waals surface area (Å²) >= 11 is 0. The number of halogens is 4. The van der Waals surface area contributed by atoms with Gasteiger partial charge in [0, 0.05) is 31.8 Å². The average Bonchev–Trinajstić information content (AvgIpc) is 3.12. The largest absolute Gasteiger partial charge is 0.454 e. The molecule has 0 saturated heterocycles. The third-order valence-electron chi connectivity index (χ3n) is 4.06. The van der Waals surface area contributed by atoms with Gasteiger partial charge in [-0.05, 0) is 30.2 Å². The zero-order chi connectivity index (χ0) is 19.9. The van der Waals surface area contributed by atoms with Gasteiger partial charge in [0.15, 0.2) is 17.5 Å². The van der Waals surface area contributed by atoms with Crippen LogP contribution in [-0.2, 0) is 13.0 Å². The van der Waals surface area contributed by atoms with Gasteiger partial charge >= 0.3 is 6.61 Å². The maximum Gasteiger partial charge on any atom is 0.387 e. The Morgan fingerprint density at radius 3 is 2.48 bits per heavy atom. The molecule has 1 heterocycles. The molecule has 158 valence electrons. The second kappa shape index (κ2) is 11.0. The molecule has 10 heteroatoms. The van der Waals surface area contributed by atoms with Gasteiger partial charge in [0.25, 0.3) is 0 Å². The van der Waals surface area contributed by atoms with Crippen LogP contribution in [0.25, 0.3) is 0 Å². The SMILES string of the molecule is CN=C(NCCc1ccc(F)cc1)NCc1cc2c(cc1OC(F)F)OCO2.I. The molecule has 6 nitrogen and oxygen atoms in total. The van der Waals surface area contributed by atoms with Crippen LogP contribution in [0.15, 0.2) is 41.4 Å². The van der Waals surface area contributed by atoms with E-state index >= 15 is 0 Å². The van der Waals surface area contributed by atoms with Crippen molar-refractivity contribution in [3.63, 3.8) is 0 Å². The van der Waals surface area contributed by atoms with Gasteiger partial charge in [-0.25, -0.2) is 4.39 Å². The molecule has 0 bridgehead atoms. The van der Waals surface area contributed by atoms with E-state index in [0.717, 1.165) is 5.56 Å². The molecule has 0 atom stereocenters. The molecule has 1 aliphatic heterocycles. The van der Waals surface area contributed by atoms with E-state index in [0.29, 0.717) is 36.0 Å². The molecule has 0 unspecified atom stereocenters. The number of hydrogen-bond donors (Lipinski definition) is 2. The van der Waals surface area contributed by atoms with E-state index in [2.05, 4.69) is 20.4 Å². The molecule has 2 N–H and O–H groups in total. The van der Waals surface area contributed by atoms with Crippen molar-refractivity contribution in [2.24, 2.45) is 4.99 Å². The summed E-state index contributed by atoms with van der Waals surface area (Å²) in [6.45, 7) is -2.17. The van der Waals surface area contributed by atoms with Gasteiger partial charge in [-0.3, -0.25) is 4.99 Å². The third kappa shape index (κ3) is 6.58. The van der Waals surface area contributed by atoms with Gasteiger partial charge in [0.05, 0.1) is 0 Å². The molecule has 0 radical (unpaired) electrons. The normalized spacial score (nSPS) is 12.5. The van der Waals surface area contributed by atoms with Crippen molar-refractivity contribution in [1.29, 1.82) is 0 Å². The minimum Gasteiger partial charge on any atom is -0.454 e. The minimum atomic E-state index is -2.95. The van der Waals surface area contributed by atoms with Crippen LogP contribution in [0.1, 0.15) is 11.1 Å². The highest BCUT2D eigenvalue weighted by molar-refractivity contribution is 14.0. The van der Waals surface area contributed by atoms with Crippen LogP contribution in [0, 0.1) is 5.82 Å². The Kier molecular flexibility index (Phi) is 8.68. The Balaban J connectivity index is 0.00000300. The molecular weight excluding hydrogens is 502 g/mol. The lowest BCUT2D eigenvalue weighted by Crippen LogP contribution is -2.38. The molecule has 1 aliphatic rings. The van der Waals surface area contributed by atoms with Crippen molar-refractivity contribution in [1.82, 2.24) is 10.6 Å². The third-order valence-corrected chi connectivity index (χ3v) is 4.06. The van der Waals surface area contributed by atoms with Crippen LogP contribution in [-0.4, -0.2) is 33.0 Å². The lowest BCUT2D eigenvalue weighted by molar-refractivity contribution is -0.0505. The summed E-state index contributed by atoms with van der Waals surface area (Å²) in [5, 5.41) is 6.16. The highest BCUT2D eigenvalue weighted by atomic mass is 127. The minimum absolute atomic E-state index is 0. The van der Waals surface area contributed by atoms with Crippen LogP contribution in [0.3, 0.4) is 0 Å². The predicted octanol–water partition coefficient (Wildman–Crippen LogP) is 3.68. The first-order valence-corrected chi connectivity index (χ1v) is 8.61. The zero-order valence-electron chi connectivity index (χ0n) is 15.6. The molecular formula is C19H21F3IN3O3. The second-order valence-electron chi connectivity index (χ2n) is 5.92. The number of nitrogens with zero attached hydrogens (tertiary/aromatic N) is 1. The van der Waals surface area contributed by atoms with E-state index in [1.54, 1.807) is 25.2 Å². The first kappa shape index (κ1) is 22.9. The lowest BCUT2D eigenvalue weighted by atomic mass is 10.1. The molecule has 0 aromatic heterocycles. The van der Waals surface area contributed by atoms with Crippen molar-refractivity contribution in [3.8, 4) is 17.2 Å². The summed E-state index contributed by atoms with van der Waals surface area (Å²) < 4.78 is 53.4. The number of rotatable bonds is 7. The monoisotopic (exact) mass is 523 g/mol. The zero-order valence-corrected chi connectivity index (χ0v) is 17.9. The Morgan fingerprint density at radius 2 is 1.83 bits per heavy atom. The number of ether oxygens (including phenoxy) is 3. The van der Waals surface area contributed by atoms with Gasteiger partial charge in [-0.2, -0.15) is 8.78 Å². The molecule has 0 amide bonds. The number of nitrogens with one attached hydrogen (secondary N) is 2. The van der Waals surface area contributed by atoms with Crippen LogP contribution in [0.4, 0.5) is 13.2 Å². The van der Waals surface area contributed by atoms with E-state index < -0.39 is 6.61 Å². The summed E-state index contributed by atoms with van der Waals surface area (Å²) in [5.74, 6) is 1.05. The fourth-order valence-corrected chi connectivity index (χ4v) is 2.69. The van der Waals surface area contributed by atoms with Crippen molar-refractivity contribution in [3.05, 3.63) is 53.3 Å². The van der Waals surface area contributed by atoms with Crippen molar-refractivity contribution in [2.75, 3.05) is 20.4 Å². The maximum atomic E-state index is 12.9. The van der Waals surface area contributed by atoms with Gasteiger partial charge < -0.3 is 24.8 Å². The quantitative estimate of drug-likeness (QED) is 0.330. The van der Waals surface area contributed by atoms with Crippen LogP contribution in [0.2, 0.25) is 0 Å². The number of hydrogen-bond acceptors (Lipinski definition) is 4. The summed E-state index contributed by atoms with van der Waals surface area (Å²) in [4.78, 5) is 4.10. The number of aliphatic imine (C=N–C) groups is 1. The standard InChI is InChI=1S/C19H20F3N3O3.HI/c1-23-19(24-7-6-12-2-4-14(20)5-3-12)25-10-13-8-16-17(27-11-26-16)9-15(13)28-18(21)22;/h2-5,8-9,18H,6-7,10-11H2,1H3,(H2,23,24,25);1H. The Hall–Kier alpha value is -2.37. The lowest BCUT2D eigenvalue weighted by Gasteiger charge is -2.15. The summed E-state index contributed by atoms with van der Waals surface area (Å²) in [6.07, 6.45) is 0.671. The fraction of sp³-hybridized carbons (Fsp3) is 0.316. The van der Waals surface area contributed by atoms with E-state index in [4.69, 9.17) is 9.47 Å². The molecule has 0 saturated carbocycles. The van der Waals surface area contributed by atoms with Gasteiger partial charge in [0.1, 0.15) is 11.6 Å². The molecule has 2 aromatic rings. The molecule has 0 aliphatic carbocycles. The van der Waals surface area contributed by atoms with Crippen LogP contribution >= 0.6 is 24.0 Å². The molecule has 29 heavy (non-hydrogen) atoms. The molecule has 0 spiro atoms. The van der Waals surface area contributed by atoms with Crippen molar-refractivity contribution >= 4 is 29.9 Å². The molecule has 3 rings (SSSR count). The Bertz CT molecular complexity index is 835. The van der Waals surface area contributed by atoms with Crippen LogP contribution < -0.4 is 24.8 Å². The molecule has 2 aromatic carbocycles. The fourth-order valence-electron chi connectivity index (χ4n) is 2.69. The number of benzene rings is 2. The topological polar surface area (TPSA) is 64.1 Å². The highest BCUT2D eigenvalue weighted by Crippen LogP contribution is 2.38. The number of alkyl halides is 2. The number of guanidine groups is 1. The van der Waals surface area contributed by atoms with Crippen LogP contribution in [0.5, 0.6) is 17.2 Å². The van der Waals surface area contributed by atoms with E-state index in [1.165, 1.54) is 18.2 Å². The van der Waals surface area contributed by atoms with Gasteiger partial charge in [0.2, 0.25) is 6.79 Å². The summed E-state index contributed by atoms with van der Waals surface area (Å²) in [7, 11) is 1.60. The summed E-state index contributed by atoms with van der Waals surface area (Å²) in [5.41, 5.74) is 1.46. The van der Waals surface area contributed by atoms with E-state index in [1.807, 2.05) is 0 Å². The van der Waals surface area contributed by atoms with E-state index in [9.17, 15) is 13.2 Å². The summed E-state index contributed by atoms with van der Waals surface area (Å²) in [6, 6.07) is 9.23.